The highest BCUT2D eigenvalue weighted by molar-refractivity contribution is 5.94. The highest BCUT2D eigenvalue weighted by Crippen LogP contribution is 2.15. The van der Waals surface area contributed by atoms with Crippen LogP contribution in [0.4, 0.5) is 5.69 Å². The zero-order valence-corrected chi connectivity index (χ0v) is 11.2. The molecular formula is C15H18N2O2. The maximum absolute atomic E-state index is 12.4. The molecule has 0 spiro atoms. The summed E-state index contributed by atoms with van der Waals surface area (Å²) in [7, 11) is 0. The van der Waals surface area contributed by atoms with E-state index in [-0.39, 0.29) is 11.9 Å². The number of nitrogens with zero attached hydrogens (tertiary/aromatic N) is 1. The minimum absolute atomic E-state index is 0.0359. The molecule has 4 heteroatoms. The van der Waals surface area contributed by atoms with E-state index in [2.05, 4.69) is 0 Å². The van der Waals surface area contributed by atoms with Gasteiger partial charge in [-0.15, -0.1) is 0 Å². The van der Waals surface area contributed by atoms with Gasteiger partial charge in [0, 0.05) is 18.3 Å². The van der Waals surface area contributed by atoms with E-state index in [1.165, 1.54) is 12.5 Å². The molecule has 0 fully saturated rings. The molecule has 0 unspecified atom stereocenters. The zero-order valence-electron chi connectivity index (χ0n) is 11.2. The molecule has 0 radical (unpaired) electrons. The van der Waals surface area contributed by atoms with Crippen molar-refractivity contribution < 1.29 is 9.21 Å². The van der Waals surface area contributed by atoms with E-state index in [9.17, 15) is 4.79 Å². The Hall–Kier alpha value is -2.23. The molecule has 1 heterocycles. The van der Waals surface area contributed by atoms with Crippen molar-refractivity contribution in [2.75, 3.05) is 5.73 Å². The molecule has 1 aromatic carbocycles. The lowest BCUT2D eigenvalue weighted by Crippen LogP contribution is -2.36. The number of carbonyl (C=O) groups is 1. The van der Waals surface area contributed by atoms with Crippen molar-refractivity contribution >= 4 is 11.6 Å². The highest BCUT2D eigenvalue weighted by Gasteiger charge is 2.19. The molecular weight excluding hydrogens is 240 g/mol. The molecule has 0 bridgehead atoms. The van der Waals surface area contributed by atoms with Crippen molar-refractivity contribution in [3.8, 4) is 0 Å². The lowest BCUT2D eigenvalue weighted by molar-refractivity contribution is 0.0689. The molecule has 0 atom stereocenters. The Kier molecular flexibility index (Phi) is 3.90. The first-order valence-electron chi connectivity index (χ1n) is 6.25. The average Bonchev–Trinajstić information content (AvgIpc) is 2.88. The Bertz CT molecular complexity index is 547. The lowest BCUT2D eigenvalue weighted by Gasteiger charge is -2.26. The van der Waals surface area contributed by atoms with E-state index in [4.69, 9.17) is 10.2 Å². The van der Waals surface area contributed by atoms with Crippen LogP contribution in [-0.4, -0.2) is 16.8 Å². The van der Waals surface area contributed by atoms with E-state index in [1.54, 1.807) is 11.0 Å². The number of carbonyl (C=O) groups excluding carboxylic acids is 1. The Balaban J connectivity index is 2.19. The number of anilines is 1. The number of rotatable bonds is 4. The van der Waals surface area contributed by atoms with Gasteiger partial charge in [-0.2, -0.15) is 0 Å². The predicted molar refractivity (Wildman–Crippen MR) is 74.6 cm³/mol. The van der Waals surface area contributed by atoms with Crippen molar-refractivity contribution in [2.24, 2.45) is 0 Å². The first kappa shape index (κ1) is 13.2. The third-order valence-electron chi connectivity index (χ3n) is 2.96. The maximum Gasteiger partial charge on any atom is 0.257 e. The van der Waals surface area contributed by atoms with Crippen LogP contribution in [0.15, 0.2) is 47.3 Å². The second-order valence-electron chi connectivity index (χ2n) is 4.78. The number of furan rings is 1. The third kappa shape index (κ3) is 3.16. The fourth-order valence-corrected chi connectivity index (χ4v) is 1.93. The Morgan fingerprint density at radius 1 is 1.37 bits per heavy atom. The normalized spacial score (nSPS) is 10.7. The largest absolute Gasteiger partial charge is 0.472 e. The molecule has 0 saturated carbocycles. The first-order valence-corrected chi connectivity index (χ1v) is 6.25. The summed E-state index contributed by atoms with van der Waals surface area (Å²) in [6.45, 7) is 4.52. The van der Waals surface area contributed by atoms with Gasteiger partial charge in [0.2, 0.25) is 0 Å². The molecule has 4 nitrogen and oxygen atoms in total. The fourth-order valence-electron chi connectivity index (χ4n) is 1.93. The van der Waals surface area contributed by atoms with Gasteiger partial charge in [0.05, 0.1) is 11.8 Å². The van der Waals surface area contributed by atoms with Gasteiger partial charge in [-0.05, 0) is 37.6 Å². The van der Waals surface area contributed by atoms with Gasteiger partial charge in [-0.25, -0.2) is 0 Å². The molecule has 2 rings (SSSR count). The molecule has 0 aliphatic heterocycles. The van der Waals surface area contributed by atoms with Crippen LogP contribution in [0.3, 0.4) is 0 Å². The van der Waals surface area contributed by atoms with Crippen LogP contribution < -0.4 is 5.73 Å². The Morgan fingerprint density at radius 2 is 2.16 bits per heavy atom. The van der Waals surface area contributed by atoms with Gasteiger partial charge < -0.3 is 15.1 Å². The van der Waals surface area contributed by atoms with Crippen LogP contribution >= 0.6 is 0 Å². The molecule has 1 aromatic heterocycles. The summed E-state index contributed by atoms with van der Waals surface area (Å²) in [4.78, 5) is 14.2. The molecule has 0 saturated heterocycles. The smallest absolute Gasteiger partial charge is 0.257 e. The van der Waals surface area contributed by atoms with E-state index in [1.807, 2.05) is 38.1 Å². The third-order valence-corrected chi connectivity index (χ3v) is 2.96. The quantitative estimate of drug-likeness (QED) is 0.858. The van der Waals surface area contributed by atoms with Crippen LogP contribution in [0.25, 0.3) is 0 Å². The fraction of sp³-hybridized carbons (Fsp3) is 0.267. The second-order valence-corrected chi connectivity index (χ2v) is 4.78. The van der Waals surface area contributed by atoms with Crippen LogP contribution in [0.2, 0.25) is 0 Å². The summed E-state index contributed by atoms with van der Waals surface area (Å²) in [5.41, 5.74) is 8.05. The van der Waals surface area contributed by atoms with Crippen molar-refractivity contribution in [1.82, 2.24) is 4.90 Å². The first-order chi connectivity index (χ1) is 9.08. The van der Waals surface area contributed by atoms with Gasteiger partial charge in [0.25, 0.3) is 5.91 Å². The number of hydrogen-bond donors (Lipinski definition) is 1. The van der Waals surface area contributed by atoms with Crippen molar-refractivity contribution in [3.05, 3.63) is 54.0 Å². The second kappa shape index (κ2) is 5.61. The van der Waals surface area contributed by atoms with Gasteiger partial charge in [-0.1, -0.05) is 12.1 Å². The summed E-state index contributed by atoms with van der Waals surface area (Å²) < 4.78 is 4.97. The van der Waals surface area contributed by atoms with Crippen LogP contribution in [0.5, 0.6) is 0 Å². The predicted octanol–water partition coefficient (Wildman–Crippen LogP) is 2.91. The number of nitrogen functional groups attached to an aromatic ring is 1. The monoisotopic (exact) mass is 258 g/mol. The van der Waals surface area contributed by atoms with Gasteiger partial charge in [0.15, 0.2) is 0 Å². The summed E-state index contributed by atoms with van der Waals surface area (Å²) in [5.74, 6) is -0.0359. The number of benzene rings is 1. The van der Waals surface area contributed by atoms with E-state index >= 15 is 0 Å². The SMILES string of the molecule is CC(C)N(Cc1cccc(N)c1)C(=O)c1ccoc1. The molecule has 2 N–H and O–H groups in total. The summed E-state index contributed by atoms with van der Waals surface area (Å²) >= 11 is 0. The molecule has 1 amide bonds. The minimum atomic E-state index is -0.0359. The topological polar surface area (TPSA) is 59.5 Å². The van der Waals surface area contributed by atoms with Crippen LogP contribution in [0, 0.1) is 0 Å². The molecule has 0 aliphatic carbocycles. The number of hydrogen-bond acceptors (Lipinski definition) is 3. The Labute approximate surface area is 112 Å². The van der Waals surface area contributed by atoms with Crippen molar-refractivity contribution in [3.63, 3.8) is 0 Å². The van der Waals surface area contributed by atoms with Gasteiger partial charge in [-0.3, -0.25) is 4.79 Å². The van der Waals surface area contributed by atoms with E-state index in [0.29, 0.717) is 17.8 Å². The van der Waals surface area contributed by atoms with Crippen LogP contribution in [0.1, 0.15) is 29.8 Å². The molecule has 2 aromatic rings. The van der Waals surface area contributed by atoms with Crippen molar-refractivity contribution in [2.45, 2.75) is 26.4 Å². The minimum Gasteiger partial charge on any atom is -0.472 e. The highest BCUT2D eigenvalue weighted by atomic mass is 16.3. The lowest BCUT2D eigenvalue weighted by atomic mass is 10.1. The summed E-state index contributed by atoms with van der Waals surface area (Å²) in [6, 6.07) is 9.36. The zero-order chi connectivity index (χ0) is 13.8. The van der Waals surface area contributed by atoms with E-state index < -0.39 is 0 Å². The number of nitrogens with two attached hydrogens (primary N) is 1. The Morgan fingerprint density at radius 3 is 2.74 bits per heavy atom. The number of amides is 1. The van der Waals surface area contributed by atoms with E-state index in [0.717, 1.165) is 5.56 Å². The van der Waals surface area contributed by atoms with Crippen molar-refractivity contribution in [1.29, 1.82) is 0 Å². The molecule has 0 aliphatic rings. The maximum atomic E-state index is 12.4. The van der Waals surface area contributed by atoms with Crippen LogP contribution in [-0.2, 0) is 6.54 Å². The van der Waals surface area contributed by atoms with Gasteiger partial charge in [0.1, 0.15) is 6.26 Å². The average molecular weight is 258 g/mol. The summed E-state index contributed by atoms with van der Waals surface area (Å²) in [5, 5.41) is 0. The molecule has 19 heavy (non-hydrogen) atoms. The summed E-state index contributed by atoms with van der Waals surface area (Å²) in [6.07, 6.45) is 2.98. The molecule has 100 valence electrons. The van der Waals surface area contributed by atoms with Gasteiger partial charge >= 0.3 is 0 Å². The standard InChI is InChI=1S/C15H18N2O2/c1-11(2)17(15(18)13-6-7-19-10-13)9-12-4-3-5-14(16)8-12/h3-8,10-11H,9,16H2,1-2H3.